The van der Waals surface area contributed by atoms with Crippen LogP contribution in [0.25, 0.3) is 0 Å². The minimum Gasteiger partial charge on any atom is -0.467 e. The molecular weight excluding hydrogens is 380 g/mol. The summed E-state index contributed by atoms with van der Waals surface area (Å²) in [6.45, 7) is 1.60. The summed E-state index contributed by atoms with van der Waals surface area (Å²) < 4.78 is 9.63. The van der Waals surface area contributed by atoms with Crippen molar-refractivity contribution in [1.82, 2.24) is 10.6 Å². The molecule has 0 aliphatic carbocycles. The van der Waals surface area contributed by atoms with E-state index in [9.17, 15) is 24.3 Å². The van der Waals surface area contributed by atoms with E-state index in [1.54, 1.807) is 19.1 Å². The molecule has 0 unspecified atom stereocenters. The van der Waals surface area contributed by atoms with E-state index in [0.29, 0.717) is 6.42 Å². The molecule has 1 aromatic carbocycles. The number of aliphatic hydroxyl groups excluding tert-OH is 1. The summed E-state index contributed by atoms with van der Waals surface area (Å²) in [5.74, 6) is -1.30. The maximum Gasteiger partial charge on any atom is 0.407 e. The topological polar surface area (TPSA) is 131 Å². The van der Waals surface area contributed by atoms with Crippen LogP contribution >= 0.6 is 0 Å². The van der Waals surface area contributed by atoms with Gasteiger partial charge in [-0.3, -0.25) is 9.59 Å². The van der Waals surface area contributed by atoms with Crippen molar-refractivity contribution in [2.24, 2.45) is 0 Å². The van der Waals surface area contributed by atoms with Gasteiger partial charge in [0.05, 0.1) is 19.6 Å². The van der Waals surface area contributed by atoms with Gasteiger partial charge in [-0.15, -0.1) is 0 Å². The van der Waals surface area contributed by atoms with Gasteiger partial charge in [-0.25, -0.2) is 9.59 Å². The molecule has 0 aromatic heterocycles. The van der Waals surface area contributed by atoms with Gasteiger partial charge in [0.1, 0.15) is 18.4 Å². The van der Waals surface area contributed by atoms with Crippen LogP contribution in [0, 0.1) is 0 Å². The van der Waals surface area contributed by atoms with Crippen molar-refractivity contribution in [2.75, 3.05) is 13.7 Å². The maximum atomic E-state index is 12.0. The van der Waals surface area contributed by atoms with E-state index >= 15 is 0 Å². The molecule has 29 heavy (non-hydrogen) atoms. The number of alkyl carbamates (subject to hydrolysis) is 1. The summed E-state index contributed by atoms with van der Waals surface area (Å²) in [5.41, 5.74) is 0.818. The lowest BCUT2D eigenvalue weighted by molar-refractivity contribution is -0.145. The number of nitrogens with one attached hydrogen (secondary N) is 2. The molecular formula is C20H28N2O7. The number of Topliss-reactive ketones (excluding diaryl/α,β-unsaturated/α-hetero) is 1. The first-order valence-electron chi connectivity index (χ1n) is 9.37. The molecule has 0 spiro atoms. The van der Waals surface area contributed by atoms with Gasteiger partial charge in [0.2, 0.25) is 5.91 Å². The molecule has 0 saturated carbocycles. The van der Waals surface area contributed by atoms with E-state index in [2.05, 4.69) is 15.4 Å². The standard InChI is InChI=1S/C20H28N2O7/c1-3-15(23)9-10-17(19(26)28-2)22-18(25)11-16(24)12-21-20(27)29-13-14-7-5-4-6-8-14/h4-8,16-17,24H,3,9-13H2,1-2H3,(H,21,27)(H,22,25)/t16-,17+/m0/s1. The molecule has 0 heterocycles. The number of esters is 1. The first kappa shape index (κ1) is 24.1. The van der Waals surface area contributed by atoms with Crippen molar-refractivity contribution in [3.63, 3.8) is 0 Å². The molecule has 1 aromatic rings. The van der Waals surface area contributed by atoms with Gasteiger partial charge in [0.25, 0.3) is 0 Å². The Hall–Kier alpha value is -2.94. The second-order valence-corrected chi connectivity index (χ2v) is 6.37. The van der Waals surface area contributed by atoms with Crippen molar-refractivity contribution in [3.8, 4) is 0 Å². The normalized spacial score (nSPS) is 12.4. The van der Waals surface area contributed by atoms with Crippen molar-refractivity contribution >= 4 is 23.8 Å². The van der Waals surface area contributed by atoms with E-state index in [4.69, 9.17) is 4.74 Å². The van der Waals surface area contributed by atoms with Crippen molar-refractivity contribution in [2.45, 2.75) is 51.4 Å². The number of amides is 2. The minimum absolute atomic E-state index is 0.0357. The van der Waals surface area contributed by atoms with Gasteiger partial charge >= 0.3 is 12.1 Å². The highest BCUT2D eigenvalue weighted by molar-refractivity contribution is 5.85. The number of aliphatic hydroxyl groups is 1. The predicted molar refractivity (Wildman–Crippen MR) is 104 cm³/mol. The van der Waals surface area contributed by atoms with Crippen LogP contribution in [0.2, 0.25) is 0 Å². The second-order valence-electron chi connectivity index (χ2n) is 6.37. The minimum atomic E-state index is -1.17. The molecule has 3 N–H and O–H groups in total. The Balaban J connectivity index is 2.35. The SMILES string of the molecule is CCC(=O)CC[C@@H](NC(=O)C[C@H](O)CNC(=O)OCc1ccccc1)C(=O)OC. The average Bonchev–Trinajstić information content (AvgIpc) is 2.73. The molecule has 0 fully saturated rings. The fraction of sp³-hybridized carbons (Fsp3) is 0.500. The number of ether oxygens (including phenoxy) is 2. The van der Waals surface area contributed by atoms with E-state index in [1.807, 2.05) is 18.2 Å². The lowest BCUT2D eigenvalue weighted by atomic mass is 10.1. The van der Waals surface area contributed by atoms with Crippen molar-refractivity contribution in [3.05, 3.63) is 35.9 Å². The summed E-state index contributed by atoms with van der Waals surface area (Å²) in [6.07, 6.45) is -1.64. The smallest absolute Gasteiger partial charge is 0.407 e. The summed E-state index contributed by atoms with van der Waals surface area (Å²) in [5, 5.41) is 14.7. The highest BCUT2D eigenvalue weighted by Gasteiger charge is 2.23. The molecule has 160 valence electrons. The van der Waals surface area contributed by atoms with Crippen LogP contribution in [0.4, 0.5) is 4.79 Å². The lowest BCUT2D eigenvalue weighted by Crippen LogP contribution is -2.44. The molecule has 2 amide bonds. The Bertz CT molecular complexity index is 679. The van der Waals surface area contributed by atoms with E-state index < -0.39 is 30.1 Å². The highest BCUT2D eigenvalue weighted by Crippen LogP contribution is 2.04. The maximum absolute atomic E-state index is 12.0. The van der Waals surface area contributed by atoms with Gasteiger partial charge < -0.3 is 25.2 Å². The predicted octanol–water partition coefficient (Wildman–Crippen LogP) is 1.08. The monoisotopic (exact) mass is 408 g/mol. The van der Waals surface area contributed by atoms with Crippen LogP contribution in [-0.4, -0.2) is 54.7 Å². The fourth-order valence-corrected chi connectivity index (χ4v) is 2.39. The van der Waals surface area contributed by atoms with E-state index in [-0.39, 0.29) is 38.2 Å². The lowest BCUT2D eigenvalue weighted by Gasteiger charge is -2.17. The number of ketones is 1. The third-order valence-electron chi connectivity index (χ3n) is 4.04. The Labute approximate surface area is 169 Å². The molecule has 0 aliphatic rings. The molecule has 0 saturated heterocycles. The van der Waals surface area contributed by atoms with E-state index in [1.165, 1.54) is 7.11 Å². The number of carbonyl (C=O) groups excluding carboxylic acids is 4. The molecule has 1 rings (SSSR count). The first-order valence-corrected chi connectivity index (χ1v) is 9.37. The summed E-state index contributed by atoms with van der Waals surface area (Å²) in [4.78, 5) is 46.9. The molecule has 0 aliphatic heterocycles. The van der Waals surface area contributed by atoms with Crippen molar-refractivity contribution in [1.29, 1.82) is 0 Å². The summed E-state index contributed by atoms with van der Waals surface area (Å²) >= 11 is 0. The molecule has 0 radical (unpaired) electrons. The van der Waals surface area contributed by atoms with Crippen LogP contribution in [0.5, 0.6) is 0 Å². The average molecular weight is 408 g/mol. The number of rotatable bonds is 12. The highest BCUT2D eigenvalue weighted by atomic mass is 16.5. The van der Waals surface area contributed by atoms with Crippen LogP contribution < -0.4 is 10.6 Å². The van der Waals surface area contributed by atoms with Gasteiger partial charge in [0, 0.05) is 19.4 Å². The van der Waals surface area contributed by atoms with Gasteiger partial charge in [-0.2, -0.15) is 0 Å². The Morgan fingerprint density at radius 3 is 2.45 bits per heavy atom. The largest absolute Gasteiger partial charge is 0.467 e. The van der Waals surface area contributed by atoms with Crippen LogP contribution in [-0.2, 0) is 30.5 Å². The second kappa shape index (κ2) is 13.3. The van der Waals surface area contributed by atoms with Crippen LogP contribution in [0.3, 0.4) is 0 Å². The Morgan fingerprint density at radius 2 is 1.83 bits per heavy atom. The molecule has 2 atom stereocenters. The number of carbonyl (C=O) groups is 4. The fourth-order valence-electron chi connectivity index (χ4n) is 2.39. The zero-order valence-corrected chi connectivity index (χ0v) is 16.7. The zero-order valence-electron chi connectivity index (χ0n) is 16.7. The third-order valence-corrected chi connectivity index (χ3v) is 4.04. The summed E-state index contributed by atoms with van der Waals surface area (Å²) in [7, 11) is 1.18. The Morgan fingerprint density at radius 1 is 1.14 bits per heavy atom. The number of methoxy groups -OCH3 is 1. The number of hydrogen-bond acceptors (Lipinski definition) is 7. The molecule has 9 heteroatoms. The van der Waals surface area contributed by atoms with Crippen LogP contribution in [0.15, 0.2) is 30.3 Å². The first-order chi connectivity index (χ1) is 13.8. The van der Waals surface area contributed by atoms with E-state index in [0.717, 1.165) is 5.56 Å². The zero-order chi connectivity index (χ0) is 21.6. The van der Waals surface area contributed by atoms with Crippen molar-refractivity contribution < 1.29 is 33.8 Å². The van der Waals surface area contributed by atoms with Gasteiger partial charge in [-0.1, -0.05) is 37.3 Å². The summed E-state index contributed by atoms with van der Waals surface area (Å²) in [6, 6.07) is 8.12. The number of benzene rings is 1. The molecule has 9 nitrogen and oxygen atoms in total. The number of hydrogen-bond donors (Lipinski definition) is 3. The Kier molecular flexibility index (Phi) is 11.0. The molecule has 0 bridgehead atoms. The van der Waals surface area contributed by atoms with Gasteiger partial charge in [0.15, 0.2) is 0 Å². The van der Waals surface area contributed by atoms with Gasteiger partial charge in [-0.05, 0) is 12.0 Å². The van der Waals surface area contributed by atoms with Crippen LogP contribution in [0.1, 0.15) is 38.2 Å². The third kappa shape index (κ3) is 10.2. The quantitative estimate of drug-likeness (QED) is 0.441.